The zero-order valence-corrected chi connectivity index (χ0v) is 23.3. The number of rotatable bonds is 10. The second-order valence-electron chi connectivity index (χ2n) is 10.3. The molecular weight excluding hydrogens is 536 g/mol. The molecule has 2 aliphatic heterocycles. The first-order valence-corrected chi connectivity index (χ1v) is 14.0. The maximum Gasteiger partial charge on any atom is 0.414 e. The van der Waals surface area contributed by atoms with Gasteiger partial charge in [0, 0.05) is 62.9 Å². The Morgan fingerprint density at radius 2 is 1.69 bits per heavy atom. The Kier molecular flexibility index (Phi) is 9.52. The van der Waals surface area contributed by atoms with Gasteiger partial charge in [-0.1, -0.05) is 30.3 Å². The summed E-state index contributed by atoms with van der Waals surface area (Å²) in [5.41, 5.74) is 2.53. The van der Waals surface area contributed by atoms with Crippen LogP contribution in [0.4, 0.5) is 10.5 Å². The highest BCUT2D eigenvalue weighted by atomic mass is 16.6. The van der Waals surface area contributed by atoms with Crippen LogP contribution in [0.2, 0.25) is 0 Å². The summed E-state index contributed by atoms with van der Waals surface area (Å²) in [6, 6.07) is 19.8. The number of carbonyl (C=O) groups is 3. The minimum atomic E-state index is -0.412. The van der Waals surface area contributed by atoms with Gasteiger partial charge >= 0.3 is 12.1 Å². The molecule has 2 aliphatic rings. The third-order valence-electron chi connectivity index (χ3n) is 7.31. The standard InChI is InChI=1S/C31H34N6O5/c32-29(34-30(39)25-7-4-13-33-19-25)24-8-10-26(11-9-24)37-21-27(42-31(37)40)20-36-17-15-35(16-18-36)14-12-28(38)41-22-23-5-2-1-3-6-23/h1-11,13,19,27H,12,14-18,20-22H2,(H2,32,34,39). The average Bonchev–Trinajstić information content (AvgIpc) is 3.40. The molecule has 5 rings (SSSR count). The van der Waals surface area contributed by atoms with Crippen LogP contribution in [0.3, 0.4) is 0 Å². The van der Waals surface area contributed by atoms with Crippen molar-refractivity contribution in [1.82, 2.24) is 20.1 Å². The van der Waals surface area contributed by atoms with E-state index >= 15 is 0 Å². The Labute approximate surface area is 244 Å². The molecule has 0 aliphatic carbocycles. The first-order valence-electron chi connectivity index (χ1n) is 14.0. The Bertz CT molecular complexity index is 1380. The normalized spacial score (nSPS) is 17.5. The summed E-state index contributed by atoms with van der Waals surface area (Å²) >= 11 is 0. The molecular formula is C31H34N6O5. The van der Waals surface area contributed by atoms with Gasteiger partial charge in [0.1, 0.15) is 18.5 Å². The molecule has 2 amide bonds. The molecule has 0 radical (unpaired) electrons. The highest BCUT2D eigenvalue weighted by molar-refractivity contribution is 6.11. The largest absolute Gasteiger partial charge is 0.461 e. The summed E-state index contributed by atoms with van der Waals surface area (Å²) in [6.45, 7) is 5.35. The molecule has 0 bridgehead atoms. The monoisotopic (exact) mass is 570 g/mol. The van der Waals surface area contributed by atoms with Crippen molar-refractivity contribution < 1.29 is 23.9 Å². The van der Waals surface area contributed by atoms with Crippen molar-refractivity contribution in [3.05, 3.63) is 95.8 Å². The number of carbonyl (C=O) groups excluding carboxylic acids is 3. The number of amides is 2. The quantitative estimate of drug-likeness (QED) is 0.216. The van der Waals surface area contributed by atoms with Crippen molar-refractivity contribution >= 4 is 29.5 Å². The molecule has 2 N–H and O–H groups in total. The molecule has 2 saturated heterocycles. The predicted octanol–water partition coefficient (Wildman–Crippen LogP) is 2.91. The van der Waals surface area contributed by atoms with Crippen LogP contribution >= 0.6 is 0 Å². The number of benzene rings is 2. The number of anilines is 1. The summed E-state index contributed by atoms with van der Waals surface area (Å²) in [6.07, 6.45) is 2.71. The van der Waals surface area contributed by atoms with E-state index < -0.39 is 12.0 Å². The molecule has 1 atom stereocenters. The maximum absolute atomic E-state index is 12.6. The van der Waals surface area contributed by atoms with Crippen LogP contribution in [0.15, 0.2) is 79.1 Å². The van der Waals surface area contributed by atoms with Crippen molar-refractivity contribution in [2.75, 3.05) is 50.7 Å². The Morgan fingerprint density at radius 3 is 2.40 bits per heavy atom. The first kappa shape index (κ1) is 28.9. The minimum absolute atomic E-state index is 0.0412. The van der Waals surface area contributed by atoms with Crippen LogP contribution in [0.5, 0.6) is 0 Å². The van der Waals surface area contributed by atoms with Gasteiger partial charge in [0.15, 0.2) is 0 Å². The molecule has 3 heterocycles. The van der Waals surface area contributed by atoms with E-state index in [2.05, 4.69) is 20.1 Å². The fourth-order valence-corrected chi connectivity index (χ4v) is 4.93. The van der Waals surface area contributed by atoms with Gasteiger partial charge in [-0.3, -0.25) is 29.8 Å². The lowest BCUT2D eigenvalue weighted by atomic mass is 10.1. The molecule has 2 fully saturated rings. The fourth-order valence-electron chi connectivity index (χ4n) is 4.93. The number of ether oxygens (including phenoxy) is 2. The lowest BCUT2D eigenvalue weighted by Crippen LogP contribution is -2.49. The predicted molar refractivity (Wildman–Crippen MR) is 156 cm³/mol. The number of amidine groups is 1. The van der Waals surface area contributed by atoms with E-state index in [1.165, 1.54) is 6.20 Å². The van der Waals surface area contributed by atoms with E-state index in [1.54, 1.807) is 47.5 Å². The number of nitrogens with one attached hydrogen (secondary N) is 2. The van der Waals surface area contributed by atoms with Gasteiger partial charge in [-0.05, 0) is 42.0 Å². The van der Waals surface area contributed by atoms with Crippen molar-refractivity contribution in [1.29, 1.82) is 5.41 Å². The molecule has 3 aromatic rings. The van der Waals surface area contributed by atoms with Gasteiger partial charge < -0.3 is 19.7 Å². The summed E-state index contributed by atoms with van der Waals surface area (Å²) < 4.78 is 11.0. The minimum Gasteiger partial charge on any atom is -0.461 e. The Morgan fingerprint density at radius 1 is 0.952 bits per heavy atom. The van der Waals surface area contributed by atoms with Crippen molar-refractivity contribution in [2.24, 2.45) is 0 Å². The van der Waals surface area contributed by atoms with Crippen LogP contribution in [0.25, 0.3) is 0 Å². The van der Waals surface area contributed by atoms with Gasteiger partial charge in [-0.2, -0.15) is 0 Å². The molecule has 11 nitrogen and oxygen atoms in total. The van der Waals surface area contributed by atoms with Gasteiger partial charge in [0.05, 0.1) is 18.5 Å². The van der Waals surface area contributed by atoms with E-state index in [9.17, 15) is 14.4 Å². The zero-order valence-electron chi connectivity index (χ0n) is 23.3. The van der Waals surface area contributed by atoms with E-state index in [1.807, 2.05) is 30.3 Å². The van der Waals surface area contributed by atoms with Gasteiger partial charge in [-0.15, -0.1) is 0 Å². The van der Waals surface area contributed by atoms with Gasteiger partial charge in [0.25, 0.3) is 5.91 Å². The van der Waals surface area contributed by atoms with Crippen LogP contribution in [0.1, 0.15) is 27.9 Å². The number of pyridine rings is 1. The Hall–Kier alpha value is -4.61. The number of nitrogens with zero attached hydrogens (tertiary/aromatic N) is 4. The summed E-state index contributed by atoms with van der Waals surface area (Å²) in [4.78, 5) is 47.1. The van der Waals surface area contributed by atoms with Crippen LogP contribution in [-0.4, -0.2) is 90.5 Å². The van der Waals surface area contributed by atoms with E-state index in [-0.39, 0.29) is 17.9 Å². The molecule has 11 heteroatoms. The zero-order chi connectivity index (χ0) is 29.3. The number of hydrogen-bond acceptors (Lipinski definition) is 9. The fraction of sp³-hybridized carbons (Fsp3) is 0.323. The third-order valence-corrected chi connectivity index (χ3v) is 7.31. The lowest BCUT2D eigenvalue weighted by molar-refractivity contribution is -0.145. The number of aromatic nitrogens is 1. The second-order valence-corrected chi connectivity index (χ2v) is 10.3. The number of hydrogen-bond donors (Lipinski definition) is 2. The number of esters is 1. The number of cyclic esters (lactones) is 1. The Balaban J connectivity index is 1.02. The highest BCUT2D eigenvalue weighted by Crippen LogP contribution is 2.23. The van der Waals surface area contributed by atoms with Gasteiger partial charge in [-0.25, -0.2) is 4.79 Å². The smallest absolute Gasteiger partial charge is 0.414 e. The molecule has 2 aromatic carbocycles. The molecule has 0 saturated carbocycles. The van der Waals surface area contributed by atoms with E-state index in [0.717, 1.165) is 31.7 Å². The molecule has 218 valence electrons. The van der Waals surface area contributed by atoms with E-state index in [0.29, 0.717) is 49.5 Å². The SMILES string of the molecule is N=C(NC(=O)c1cccnc1)c1ccc(N2CC(CN3CCN(CCC(=O)OCc4ccccc4)CC3)OC2=O)cc1. The summed E-state index contributed by atoms with van der Waals surface area (Å²) in [5.74, 6) is -0.649. The second kappa shape index (κ2) is 13.8. The average molecular weight is 571 g/mol. The van der Waals surface area contributed by atoms with E-state index in [4.69, 9.17) is 14.9 Å². The maximum atomic E-state index is 12.6. The van der Waals surface area contributed by atoms with Crippen LogP contribution < -0.4 is 10.2 Å². The molecule has 1 unspecified atom stereocenters. The third kappa shape index (κ3) is 7.77. The summed E-state index contributed by atoms with van der Waals surface area (Å²) in [7, 11) is 0. The van der Waals surface area contributed by atoms with Crippen molar-refractivity contribution in [3.8, 4) is 0 Å². The van der Waals surface area contributed by atoms with Gasteiger partial charge in [0.2, 0.25) is 0 Å². The first-order chi connectivity index (χ1) is 20.4. The molecule has 1 aromatic heterocycles. The molecule has 42 heavy (non-hydrogen) atoms. The van der Waals surface area contributed by atoms with Crippen LogP contribution in [0, 0.1) is 5.41 Å². The lowest BCUT2D eigenvalue weighted by Gasteiger charge is -2.35. The summed E-state index contributed by atoms with van der Waals surface area (Å²) in [5, 5.41) is 10.8. The van der Waals surface area contributed by atoms with Crippen molar-refractivity contribution in [2.45, 2.75) is 19.1 Å². The molecule has 0 spiro atoms. The highest BCUT2D eigenvalue weighted by Gasteiger charge is 2.34. The van der Waals surface area contributed by atoms with Crippen LogP contribution in [-0.2, 0) is 20.9 Å². The topological polar surface area (TPSA) is 128 Å². The van der Waals surface area contributed by atoms with Crippen molar-refractivity contribution in [3.63, 3.8) is 0 Å². The number of piperazine rings is 1.